The summed E-state index contributed by atoms with van der Waals surface area (Å²) in [5, 5.41) is 4.05. The first-order valence-corrected chi connectivity index (χ1v) is 18.7. The molecule has 0 spiro atoms. The van der Waals surface area contributed by atoms with Crippen molar-refractivity contribution in [3.05, 3.63) is 152 Å². The van der Waals surface area contributed by atoms with Crippen molar-refractivity contribution in [2.75, 3.05) is 0 Å². The maximum absolute atomic E-state index is 14.1. The number of hydrogen-bond acceptors (Lipinski definition) is 7. The molecule has 0 unspecified atom stereocenters. The fourth-order valence-corrected chi connectivity index (χ4v) is 9.29. The predicted octanol–water partition coefficient (Wildman–Crippen LogP) is 11.2. The van der Waals surface area contributed by atoms with Gasteiger partial charge in [0.05, 0.1) is 9.79 Å². The number of benzene rings is 7. The highest BCUT2D eigenvalue weighted by atomic mass is 32.2. The summed E-state index contributed by atoms with van der Waals surface area (Å²) in [4.78, 5) is 15.2. The lowest BCUT2D eigenvalue weighted by Gasteiger charge is -2.09. The lowest BCUT2D eigenvalue weighted by molar-refractivity contribution is 0.598. The standard InChI is InChI=1S/C45H25N3O4S/c49-53(50)40-22-19-27(30-13-8-16-38-42(30)34-12-5-7-15-37(34)51-38)23-35(40)33-21-18-29(25-41(33)53)45-47-43(26-9-2-1-3-10-26)46-44(48-45)28-17-20-32-31-11-4-6-14-36(31)52-39(32)24-28/h1-25H. The number of sulfone groups is 1. The van der Waals surface area contributed by atoms with Gasteiger partial charge in [-0.25, -0.2) is 23.4 Å². The molecule has 7 nitrogen and oxygen atoms in total. The molecule has 3 aromatic heterocycles. The van der Waals surface area contributed by atoms with Crippen molar-refractivity contribution in [1.82, 2.24) is 15.0 Å². The summed E-state index contributed by atoms with van der Waals surface area (Å²) in [5.74, 6) is 1.30. The summed E-state index contributed by atoms with van der Waals surface area (Å²) in [7, 11) is -3.82. The first kappa shape index (κ1) is 29.8. The van der Waals surface area contributed by atoms with Crippen LogP contribution >= 0.6 is 0 Å². The van der Waals surface area contributed by atoms with Crippen LogP contribution in [0.25, 0.3) is 100 Å². The third-order valence-electron chi connectivity index (χ3n) is 10.1. The summed E-state index contributed by atoms with van der Waals surface area (Å²) in [5.41, 5.74) is 8.45. The Balaban J connectivity index is 1.05. The lowest BCUT2D eigenvalue weighted by Crippen LogP contribution is -2.01. The molecule has 11 rings (SSSR count). The third-order valence-corrected chi connectivity index (χ3v) is 12.0. The smallest absolute Gasteiger partial charge is 0.207 e. The summed E-state index contributed by atoms with van der Waals surface area (Å²) in [6.45, 7) is 0. The van der Waals surface area contributed by atoms with Gasteiger partial charge in [0.1, 0.15) is 22.3 Å². The van der Waals surface area contributed by atoms with Crippen LogP contribution < -0.4 is 0 Å². The molecule has 1 aliphatic rings. The largest absolute Gasteiger partial charge is 0.456 e. The first-order chi connectivity index (χ1) is 26.0. The van der Waals surface area contributed by atoms with Gasteiger partial charge in [-0.1, -0.05) is 103 Å². The Hall–Kier alpha value is -6.90. The predicted molar refractivity (Wildman–Crippen MR) is 207 cm³/mol. The number of nitrogens with zero attached hydrogens (tertiary/aromatic N) is 3. The summed E-state index contributed by atoms with van der Waals surface area (Å²) < 4.78 is 40.6. The maximum Gasteiger partial charge on any atom is 0.207 e. The van der Waals surface area contributed by atoms with Gasteiger partial charge in [0.15, 0.2) is 17.5 Å². The van der Waals surface area contributed by atoms with E-state index in [1.54, 1.807) is 12.1 Å². The molecule has 7 aromatic carbocycles. The molecule has 0 amide bonds. The number of aromatic nitrogens is 3. The number of hydrogen-bond donors (Lipinski definition) is 0. The normalized spacial score (nSPS) is 13.2. The van der Waals surface area contributed by atoms with Crippen molar-refractivity contribution in [3.8, 4) is 56.4 Å². The maximum atomic E-state index is 14.1. The Morgan fingerprint density at radius 3 is 1.79 bits per heavy atom. The van der Waals surface area contributed by atoms with Gasteiger partial charge in [0.25, 0.3) is 0 Å². The van der Waals surface area contributed by atoms with E-state index < -0.39 is 9.84 Å². The number of fused-ring (bicyclic) bond motifs is 9. The van der Waals surface area contributed by atoms with Crippen LogP contribution in [0.15, 0.2) is 170 Å². The number of para-hydroxylation sites is 2. The third kappa shape index (κ3) is 4.52. The fraction of sp³-hybridized carbons (Fsp3) is 0. The average molecular weight is 704 g/mol. The first-order valence-electron chi connectivity index (χ1n) is 17.2. The highest BCUT2D eigenvalue weighted by Crippen LogP contribution is 2.47. The van der Waals surface area contributed by atoms with Crippen molar-refractivity contribution in [3.63, 3.8) is 0 Å². The monoisotopic (exact) mass is 703 g/mol. The zero-order chi connectivity index (χ0) is 35.3. The molecule has 8 heteroatoms. The minimum atomic E-state index is -3.82. The summed E-state index contributed by atoms with van der Waals surface area (Å²) in [6, 6.07) is 48.5. The van der Waals surface area contributed by atoms with E-state index in [4.69, 9.17) is 23.8 Å². The van der Waals surface area contributed by atoms with Crippen molar-refractivity contribution in [1.29, 1.82) is 0 Å². The molecular formula is C45H25N3O4S. The van der Waals surface area contributed by atoms with Crippen LogP contribution in [0.3, 0.4) is 0 Å². The quantitative estimate of drug-likeness (QED) is 0.180. The Labute approximate surface area is 302 Å². The Morgan fingerprint density at radius 1 is 0.377 bits per heavy atom. The second-order valence-corrected chi connectivity index (χ2v) is 15.1. The number of rotatable bonds is 4. The summed E-state index contributed by atoms with van der Waals surface area (Å²) >= 11 is 0. The highest BCUT2D eigenvalue weighted by Gasteiger charge is 2.34. The molecule has 0 saturated carbocycles. The van der Waals surface area contributed by atoms with E-state index in [1.807, 2.05) is 140 Å². The lowest BCUT2D eigenvalue weighted by atomic mass is 9.95. The van der Waals surface area contributed by atoms with Crippen LogP contribution in [0.2, 0.25) is 0 Å². The summed E-state index contributed by atoms with van der Waals surface area (Å²) in [6.07, 6.45) is 0. The Kier molecular flexibility index (Phi) is 6.21. The molecular weight excluding hydrogens is 679 g/mol. The van der Waals surface area contributed by atoms with E-state index in [9.17, 15) is 8.42 Å². The van der Waals surface area contributed by atoms with Crippen LogP contribution in [0, 0.1) is 0 Å². The van der Waals surface area contributed by atoms with Crippen LogP contribution in [0.1, 0.15) is 0 Å². The minimum Gasteiger partial charge on any atom is -0.456 e. The molecule has 4 heterocycles. The van der Waals surface area contributed by atoms with Gasteiger partial charge in [0.2, 0.25) is 9.84 Å². The van der Waals surface area contributed by atoms with Crippen LogP contribution in [-0.2, 0) is 9.84 Å². The van der Waals surface area contributed by atoms with Gasteiger partial charge in [-0.15, -0.1) is 0 Å². The van der Waals surface area contributed by atoms with E-state index in [2.05, 4.69) is 0 Å². The molecule has 10 aromatic rings. The molecule has 0 N–H and O–H groups in total. The van der Waals surface area contributed by atoms with Gasteiger partial charge in [0, 0.05) is 49.4 Å². The molecule has 0 saturated heterocycles. The topological polar surface area (TPSA) is 99.1 Å². The van der Waals surface area contributed by atoms with Crippen molar-refractivity contribution >= 4 is 53.7 Å². The number of furan rings is 2. The van der Waals surface area contributed by atoms with Gasteiger partial charge in [-0.2, -0.15) is 0 Å². The molecule has 0 fully saturated rings. The van der Waals surface area contributed by atoms with E-state index in [0.29, 0.717) is 34.2 Å². The van der Waals surface area contributed by atoms with Crippen LogP contribution in [0.5, 0.6) is 0 Å². The SMILES string of the molecule is O=S1(=O)c2ccc(-c3cccc4oc5ccccc5c34)cc2-c2ccc(-c3nc(-c4ccccc4)nc(-c4ccc5c(c4)oc4ccccc45)n3)cc21. The molecule has 0 bridgehead atoms. The van der Waals surface area contributed by atoms with Crippen molar-refractivity contribution in [2.45, 2.75) is 9.79 Å². The second kappa shape index (κ2) is 11.0. The fourth-order valence-electron chi connectivity index (χ4n) is 7.60. The van der Waals surface area contributed by atoms with E-state index in [0.717, 1.165) is 66.1 Å². The van der Waals surface area contributed by atoms with E-state index in [1.165, 1.54) is 0 Å². The molecule has 1 aliphatic heterocycles. The molecule has 53 heavy (non-hydrogen) atoms. The molecule has 0 radical (unpaired) electrons. The van der Waals surface area contributed by atoms with Crippen LogP contribution in [0.4, 0.5) is 0 Å². The Morgan fingerprint density at radius 2 is 0.981 bits per heavy atom. The molecule has 0 aliphatic carbocycles. The highest BCUT2D eigenvalue weighted by molar-refractivity contribution is 7.92. The minimum absolute atomic E-state index is 0.223. The van der Waals surface area contributed by atoms with E-state index >= 15 is 0 Å². The van der Waals surface area contributed by atoms with Crippen LogP contribution in [-0.4, -0.2) is 23.4 Å². The second-order valence-electron chi connectivity index (χ2n) is 13.2. The molecule has 250 valence electrons. The average Bonchev–Trinajstić information content (AvgIpc) is 3.85. The van der Waals surface area contributed by atoms with E-state index in [-0.39, 0.29) is 9.79 Å². The van der Waals surface area contributed by atoms with Gasteiger partial charge in [-0.05, 0) is 59.7 Å². The van der Waals surface area contributed by atoms with Crippen molar-refractivity contribution in [2.24, 2.45) is 0 Å². The van der Waals surface area contributed by atoms with Gasteiger partial charge in [-0.3, -0.25) is 0 Å². The van der Waals surface area contributed by atoms with Crippen molar-refractivity contribution < 1.29 is 17.3 Å². The zero-order valence-electron chi connectivity index (χ0n) is 27.8. The molecule has 0 atom stereocenters. The Bertz CT molecular complexity index is 3260. The van der Waals surface area contributed by atoms with Gasteiger partial charge >= 0.3 is 0 Å². The van der Waals surface area contributed by atoms with Gasteiger partial charge < -0.3 is 8.83 Å². The zero-order valence-corrected chi connectivity index (χ0v) is 28.6.